The van der Waals surface area contributed by atoms with Crippen molar-refractivity contribution in [2.75, 3.05) is 41.8 Å². The monoisotopic (exact) mass is 471 g/mol. The van der Waals surface area contributed by atoms with Crippen molar-refractivity contribution in [1.82, 2.24) is 9.97 Å². The van der Waals surface area contributed by atoms with Gasteiger partial charge in [-0.05, 0) is 60.3 Å². The fourth-order valence-corrected chi connectivity index (χ4v) is 4.49. The van der Waals surface area contributed by atoms with Crippen LogP contribution in [-0.2, 0) is 4.74 Å². The lowest BCUT2D eigenvalue weighted by atomic mass is 10.1. The molecular weight excluding hydrogens is 446 g/mol. The summed E-state index contributed by atoms with van der Waals surface area (Å²) in [7, 11) is 0. The molecule has 7 nitrogen and oxygen atoms in total. The van der Waals surface area contributed by atoms with Crippen LogP contribution < -0.4 is 15.5 Å². The number of amides is 1. The number of carbonyl (C=O) groups is 1. The molecule has 1 fully saturated rings. The van der Waals surface area contributed by atoms with Crippen LogP contribution in [0.2, 0.25) is 0 Å². The first-order valence-electron chi connectivity index (χ1n) is 11.1. The molecule has 1 aliphatic heterocycles. The van der Waals surface area contributed by atoms with Gasteiger partial charge < -0.3 is 20.3 Å². The largest absolute Gasteiger partial charge is 0.378 e. The Labute approximate surface area is 202 Å². The van der Waals surface area contributed by atoms with E-state index in [1.807, 2.05) is 73.0 Å². The first-order chi connectivity index (χ1) is 16.6. The molecule has 5 rings (SSSR count). The van der Waals surface area contributed by atoms with Gasteiger partial charge in [-0.3, -0.25) is 4.79 Å². The number of morpholine rings is 1. The van der Waals surface area contributed by atoms with Crippen molar-refractivity contribution >= 4 is 40.4 Å². The number of benzene rings is 2. The molecule has 0 unspecified atom stereocenters. The van der Waals surface area contributed by atoms with E-state index in [2.05, 4.69) is 31.6 Å². The Balaban J connectivity index is 1.22. The van der Waals surface area contributed by atoms with Gasteiger partial charge in [0.1, 0.15) is 5.82 Å². The van der Waals surface area contributed by atoms with Crippen molar-refractivity contribution in [3.8, 4) is 10.4 Å². The summed E-state index contributed by atoms with van der Waals surface area (Å²) < 4.78 is 5.43. The van der Waals surface area contributed by atoms with Crippen molar-refractivity contribution in [2.24, 2.45) is 0 Å². The second-order valence-electron chi connectivity index (χ2n) is 8.00. The summed E-state index contributed by atoms with van der Waals surface area (Å²) in [5.74, 6) is 1.30. The lowest BCUT2D eigenvalue weighted by Gasteiger charge is -2.28. The number of hydrogen-bond acceptors (Lipinski definition) is 7. The third kappa shape index (κ3) is 5.24. The predicted octanol–water partition coefficient (Wildman–Crippen LogP) is 5.35. The maximum Gasteiger partial charge on any atom is 0.255 e. The summed E-state index contributed by atoms with van der Waals surface area (Å²) in [6.07, 6.45) is 0. The van der Waals surface area contributed by atoms with Gasteiger partial charge in [-0.2, -0.15) is 4.98 Å². The fraction of sp³-hybridized carbons (Fsp3) is 0.192. The van der Waals surface area contributed by atoms with Crippen molar-refractivity contribution in [3.05, 3.63) is 83.4 Å². The molecule has 0 aliphatic carbocycles. The number of ether oxygens (including phenoxy) is 1. The molecule has 2 aromatic carbocycles. The van der Waals surface area contributed by atoms with Crippen LogP contribution in [0.5, 0.6) is 0 Å². The minimum Gasteiger partial charge on any atom is -0.378 e. The summed E-state index contributed by atoms with van der Waals surface area (Å²) in [5, 5.41) is 8.26. The number of thiophene rings is 1. The number of anilines is 4. The van der Waals surface area contributed by atoms with Gasteiger partial charge in [-0.25, -0.2) is 4.98 Å². The maximum absolute atomic E-state index is 12.7. The van der Waals surface area contributed by atoms with Gasteiger partial charge in [-0.15, -0.1) is 11.3 Å². The van der Waals surface area contributed by atoms with Crippen LogP contribution in [0.25, 0.3) is 10.4 Å². The predicted molar refractivity (Wildman–Crippen MR) is 137 cm³/mol. The highest BCUT2D eigenvalue weighted by molar-refractivity contribution is 7.13. The Hall–Kier alpha value is -3.75. The smallest absolute Gasteiger partial charge is 0.255 e. The zero-order valence-electron chi connectivity index (χ0n) is 18.8. The number of aromatic nitrogens is 2. The number of rotatable bonds is 6. The standard InChI is InChI=1S/C26H25N5O2S/c1-18-17-24(31-12-14-33-15-13-31)30-26(27-18)29-22-10-8-21(9-11-22)28-25(32)20-6-4-19(5-7-20)23-3-2-16-34-23/h2-11,16-17H,12-15H2,1H3,(H,28,32)(H,27,29,30). The van der Waals surface area contributed by atoms with Crippen molar-refractivity contribution in [3.63, 3.8) is 0 Å². The van der Waals surface area contributed by atoms with E-state index in [-0.39, 0.29) is 5.91 Å². The van der Waals surface area contributed by atoms with Crippen molar-refractivity contribution < 1.29 is 9.53 Å². The molecule has 34 heavy (non-hydrogen) atoms. The Kier molecular flexibility index (Phi) is 6.51. The van der Waals surface area contributed by atoms with Gasteiger partial charge in [-0.1, -0.05) is 18.2 Å². The van der Waals surface area contributed by atoms with Crippen LogP contribution in [0.4, 0.5) is 23.1 Å². The summed E-state index contributed by atoms with van der Waals surface area (Å²) in [5.41, 5.74) is 4.19. The molecule has 172 valence electrons. The molecule has 0 atom stereocenters. The Bertz CT molecular complexity index is 1250. The van der Waals surface area contributed by atoms with Crippen LogP contribution in [0, 0.1) is 6.92 Å². The van der Waals surface area contributed by atoms with E-state index in [1.54, 1.807) is 11.3 Å². The van der Waals surface area contributed by atoms with E-state index in [1.165, 1.54) is 4.88 Å². The van der Waals surface area contributed by atoms with Gasteiger partial charge in [0.25, 0.3) is 5.91 Å². The highest BCUT2D eigenvalue weighted by Crippen LogP contribution is 2.25. The second-order valence-corrected chi connectivity index (χ2v) is 8.95. The highest BCUT2D eigenvalue weighted by Gasteiger charge is 2.14. The second kappa shape index (κ2) is 10.0. The molecule has 0 bridgehead atoms. The molecule has 8 heteroatoms. The quantitative estimate of drug-likeness (QED) is 0.395. The average molecular weight is 472 g/mol. The summed E-state index contributed by atoms with van der Waals surface area (Å²) in [4.78, 5) is 25.2. The number of nitrogens with one attached hydrogen (secondary N) is 2. The number of hydrogen-bond donors (Lipinski definition) is 2. The molecule has 1 amide bonds. The number of carbonyl (C=O) groups excluding carboxylic acids is 1. The molecule has 3 heterocycles. The summed E-state index contributed by atoms with van der Waals surface area (Å²) >= 11 is 1.68. The minimum absolute atomic E-state index is 0.143. The van der Waals surface area contributed by atoms with Crippen molar-refractivity contribution in [2.45, 2.75) is 6.92 Å². The Morgan fingerprint density at radius 1 is 0.971 bits per heavy atom. The van der Waals surface area contributed by atoms with Gasteiger partial charge in [0.05, 0.1) is 13.2 Å². The lowest BCUT2D eigenvalue weighted by molar-refractivity contribution is 0.102. The normalized spacial score (nSPS) is 13.5. The number of aryl methyl sites for hydroxylation is 1. The molecule has 0 radical (unpaired) electrons. The van der Waals surface area contributed by atoms with E-state index in [4.69, 9.17) is 4.74 Å². The topological polar surface area (TPSA) is 79.4 Å². The molecule has 2 aromatic heterocycles. The van der Waals surface area contributed by atoms with Gasteiger partial charge in [0, 0.05) is 46.7 Å². The Morgan fingerprint density at radius 2 is 1.71 bits per heavy atom. The molecular formula is C26H25N5O2S. The van der Waals surface area contributed by atoms with E-state index < -0.39 is 0 Å². The van der Waals surface area contributed by atoms with E-state index in [0.29, 0.717) is 24.7 Å². The molecule has 1 aliphatic rings. The van der Waals surface area contributed by atoms with E-state index in [9.17, 15) is 4.79 Å². The molecule has 4 aromatic rings. The maximum atomic E-state index is 12.7. The molecule has 0 saturated carbocycles. The van der Waals surface area contributed by atoms with Gasteiger partial charge >= 0.3 is 0 Å². The van der Waals surface area contributed by atoms with Gasteiger partial charge in [0.2, 0.25) is 5.95 Å². The molecule has 2 N–H and O–H groups in total. The molecule has 1 saturated heterocycles. The van der Waals surface area contributed by atoms with Crippen LogP contribution in [0.3, 0.4) is 0 Å². The molecule has 0 spiro atoms. The third-order valence-electron chi connectivity index (χ3n) is 5.53. The fourth-order valence-electron chi connectivity index (χ4n) is 3.76. The SMILES string of the molecule is Cc1cc(N2CCOCC2)nc(Nc2ccc(NC(=O)c3ccc(-c4cccs4)cc3)cc2)n1. The van der Waals surface area contributed by atoms with E-state index in [0.717, 1.165) is 41.5 Å². The highest BCUT2D eigenvalue weighted by atomic mass is 32.1. The van der Waals surface area contributed by atoms with Crippen LogP contribution in [0.15, 0.2) is 72.1 Å². The van der Waals surface area contributed by atoms with Crippen LogP contribution >= 0.6 is 11.3 Å². The van der Waals surface area contributed by atoms with Gasteiger partial charge in [0.15, 0.2) is 0 Å². The first kappa shape index (κ1) is 22.1. The zero-order chi connectivity index (χ0) is 23.3. The zero-order valence-corrected chi connectivity index (χ0v) is 19.6. The first-order valence-corrected chi connectivity index (χ1v) is 12.0. The Morgan fingerprint density at radius 3 is 2.41 bits per heavy atom. The summed E-state index contributed by atoms with van der Waals surface area (Å²) in [6.45, 7) is 5.01. The lowest BCUT2D eigenvalue weighted by Crippen LogP contribution is -2.36. The van der Waals surface area contributed by atoms with Crippen LogP contribution in [0.1, 0.15) is 16.1 Å². The minimum atomic E-state index is -0.143. The van der Waals surface area contributed by atoms with Crippen LogP contribution in [-0.4, -0.2) is 42.2 Å². The number of nitrogens with zero attached hydrogens (tertiary/aromatic N) is 3. The van der Waals surface area contributed by atoms with E-state index >= 15 is 0 Å². The summed E-state index contributed by atoms with van der Waals surface area (Å²) in [6, 6.07) is 21.2. The average Bonchev–Trinajstić information content (AvgIpc) is 3.41. The van der Waals surface area contributed by atoms with Crippen molar-refractivity contribution in [1.29, 1.82) is 0 Å². The third-order valence-corrected chi connectivity index (χ3v) is 6.45.